The first-order valence-electron chi connectivity index (χ1n) is 7.03. The van der Waals surface area contributed by atoms with Crippen LogP contribution >= 0.6 is 12.2 Å². The van der Waals surface area contributed by atoms with Gasteiger partial charge in [-0.3, -0.25) is 0 Å². The zero-order valence-electron chi connectivity index (χ0n) is 12.0. The van der Waals surface area contributed by atoms with Crippen LogP contribution in [0.25, 0.3) is 0 Å². The van der Waals surface area contributed by atoms with Crippen molar-refractivity contribution < 1.29 is 5.11 Å². The molecule has 3 N–H and O–H groups in total. The highest BCUT2D eigenvalue weighted by atomic mass is 32.1. The molecule has 4 heteroatoms. The largest absolute Gasteiger partial charge is 0.508 e. The minimum Gasteiger partial charge on any atom is -0.508 e. The monoisotopic (exact) mass is 300 g/mol. The van der Waals surface area contributed by atoms with E-state index in [9.17, 15) is 5.11 Å². The molecular formula is C17H20N2OS. The summed E-state index contributed by atoms with van der Waals surface area (Å²) >= 11 is 5.29. The van der Waals surface area contributed by atoms with Crippen molar-refractivity contribution in [3.8, 4) is 5.75 Å². The normalized spacial score (nSPS) is 11.7. The van der Waals surface area contributed by atoms with Gasteiger partial charge in [-0.25, -0.2) is 0 Å². The molecule has 0 aliphatic heterocycles. The zero-order valence-corrected chi connectivity index (χ0v) is 12.9. The van der Waals surface area contributed by atoms with Crippen LogP contribution in [0.3, 0.4) is 0 Å². The molecule has 0 spiro atoms. The fraction of sp³-hybridized carbons (Fsp3) is 0.235. The van der Waals surface area contributed by atoms with Gasteiger partial charge in [0, 0.05) is 6.54 Å². The summed E-state index contributed by atoms with van der Waals surface area (Å²) in [4.78, 5) is 0. The maximum atomic E-state index is 9.69. The molecule has 0 saturated heterocycles. The van der Waals surface area contributed by atoms with E-state index in [-0.39, 0.29) is 6.04 Å². The number of phenols is 1. The smallest absolute Gasteiger partial charge is 0.166 e. The number of thiocarbonyl (C=S) groups is 1. The number of aromatic hydroxyl groups is 1. The minimum absolute atomic E-state index is 0.163. The van der Waals surface area contributed by atoms with E-state index in [1.165, 1.54) is 5.56 Å². The summed E-state index contributed by atoms with van der Waals surface area (Å²) < 4.78 is 0. The maximum Gasteiger partial charge on any atom is 0.166 e. The fourth-order valence-corrected chi connectivity index (χ4v) is 2.38. The van der Waals surface area contributed by atoms with E-state index >= 15 is 0 Å². The Morgan fingerprint density at radius 2 is 1.76 bits per heavy atom. The summed E-state index contributed by atoms with van der Waals surface area (Å²) in [5, 5.41) is 16.7. The number of benzene rings is 2. The average molecular weight is 300 g/mol. The van der Waals surface area contributed by atoms with Crippen LogP contribution in [0.4, 0.5) is 0 Å². The van der Waals surface area contributed by atoms with E-state index in [4.69, 9.17) is 12.2 Å². The third-order valence-corrected chi connectivity index (χ3v) is 3.58. The van der Waals surface area contributed by atoms with Crippen molar-refractivity contribution in [1.82, 2.24) is 10.6 Å². The molecule has 2 rings (SSSR count). The second-order valence-corrected chi connectivity index (χ2v) is 5.32. The molecule has 21 heavy (non-hydrogen) atoms. The highest BCUT2D eigenvalue weighted by molar-refractivity contribution is 7.80. The van der Waals surface area contributed by atoms with Gasteiger partial charge in [0.25, 0.3) is 0 Å². The van der Waals surface area contributed by atoms with Gasteiger partial charge in [0.15, 0.2) is 5.11 Å². The number of rotatable bonds is 5. The molecule has 0 fully saturated rings. The summed E-state index contributed by atoms with van der Waals surface area (Å²) in [7, 11) is 0. The molecule has 2 aromatic rings. The molecule has 0 amide bonds. The lowest BCUT2D eigenvalue weighted by Crippen LogP contribution is -2.37. The van der Waals surface area contributed by atoms with Gasteiger partial charge < -0.3 is 15.7 Å². The lowest BCUT2D eigenvalue weighted by molar-refractivity contribution is 0.467. The highest BCUT2D eigenvalue weighted by Gasteiger charge is 2.06. The Hall–Kier alpha value is -2.07. The van der Waals surface area contributed by atoms with Gasteiger partial charge >= 0.3 is 0 Å². The number of phenolic OH excluding ortho intramolecular Hbond substituents is 1. The summed E-state index contributed by atoms with van der Waals surface area (Å²) in [6.45, 7) is 2.76. The summed E-state index contributed by atoms with van der Waals surface area (Å²) in [5.41, 5.74) is 2.12. The number of para-hydroxylation sites is 1. The molecule has 0 aliphatic carbocycles. The van der Waals surface area contributed by atoms with E-state index in [0.717, 1.165) is 12.0 Å². The van der Waals surface area contributed by atoms with Gasteiger partial charge in [0.2, 0.25) is 0 Å². The molecule has 0 saturated carbocycles. The van der Waals surface area contributed by atoms with Crippen LogP contribution in [0, 0.1) is 0 Å². The van der Waals surface area contributed by atoms with Crippen molar-refractivity contribution >= 4 is 17.3 Å². The Labute approximate surface area is 131 Å². The summed E-state index contributed by atoms with van der Waals surface area (Å²) in [5.74, 6) is 0.329. The standard InChI is InChI=1S/C17H20N2OS/c1-13(14-7-3-2-4-8-14)19-17(21)18-12-11-15-9-5-6-10-16(15)20/h2-10,13,20H,11-12H2,1H3,(H2,18,19,21)/t13-/m1/s1. The van der Waals surface area contributed by atoms with E-state index in [1.54, 1.807) is 6.07 Å². The average Bonchev–Trinajstić information content (AvgIpc) is 2.50. The third-order valence-electron chi connectivity index (χ3n) is 3.32. The van der Waals surface area contributed by atoms with Gasteiger partial charge in [0.05, 0.1) is 6.04 Å². The Kier molecular flexibility index (Phi) is 5.58. The molecule has 0 radical (unpaired) electrons. The second-order valence-electron chi connectivity index (χ2n) is 4.91. The Bertz CT molecular complexity index is 586. The van der Waals surface area contributed by atoms with Crippen molar-refractivity contribution in [2.75, 3.05) is 6.54 Å². The Balaban J connectivity index is 1.76. The quantitative estimate of drug-likeness (QED) is 0.742. The number of hydrogen-bond acceptors (Lipinski definition) is 2. The predicted molar refractivity (Wildman–Crippen MR) is 90.4 cm³/mol. The molecular weight excluding hydrogens is 280 g/mol. The van der Waals surface area contributed by atoms with Crippen molar-refractivity contribution in [2.24, 2.45) is 0 Å². The number of nitrogens with one attached hydrogen (secondary N) is 2. The van der Waals surface area contributed by atoms with Gasteiger partial charge in [0.1, 0.15) is 5.75 Å². The van der Waals surface area contributed by atoms with Crippen LogP contribution in [-0.4, -0.2) is 16.8 Å². The highest BCUT2D eigenvalue weighted by Crippen LogP contribution is 2.15. The molecule has 3 nitrogen and oxygen atoms in total. The zero-order chi connectivity index (χ0) is 15.1. The van der Waals surface area contributed by atoms with Crippen molar-refractivity contribution in [3.05, 3.63) is 65.7 Å². The van der Waals surface area contributed by atoms with E-state index < -0.39 is 0 Å². The van der Waals surface area contributed by atoms with Gasteiger partial charge in [-0.2, -0.15) is 0 Å². The molecule has 0 unspecified atom stereocenters. The topological polar surface area (TPSA) is 44.3 Å². The fourth-order valence-electron chi connectivity index (χ4n) is 2.11. The summed E-state index contributed by atoms with van der Waals surface area (Å²) in [6, 6.07) is 17.7. The van der Waals surface area contributed by atoms with Gasteiger partial charge in [-0.05, 0) is 42.8 Å². The van der Waals surface area contributed by atoms with Crippen molar-refractivity contribution in [1.29, 1.82) is 0 Å². The lowest BCUT2D eigenvalue weighted by Gasteiger charge is -2.17. The van der Waals surface area contributed by atoms with Gasteiger partial charge in [-0.15, -0.1) is 0 Å². The maximum absolute atomic E-state index is 9.69. The predicted octanol–water partition coefficient (Wildman–Crippen LogP) is 3.16. The molecule has 110 valence electrons. The third kappa shape index (κ3) is 4.76. The van der Waals surface area contributed by atoms with Crippen molar-refractivity contribution in [2.45, 2.75) is 19.4 Å². The Morgan fingerprint density at radius 1 is 1.10 bits per heavy atom. The first-order valence-corrected chi connectivity index (χ1v) is 7.44. The van der Waals surface area contributed by atoms with Crippen molar-refractivity contribution in [3.63, 3.8) is 0 Å². The first-order chi connectivity index (χ1) is 10.2. The van der Waals surface area contributed by atoms with Crippen LogP contribution in [0.2, 0.25) is 0 Å². The number of hydrogen-bond donors (Lipinski definition) is 3. The second kappa shape index (κ2) is 7.64. The molecule has 0 bridgehead atoms. The molecule has 0 aromatic heterocycles. The van der Waals surface area contributed by atoms with Crippen LogP contribution in [0.1, 0.15) is 24.1 Å². The van der Waals surface area contributed by atoms with E-state index in [0.29, 0.717) is 17.4 Å². The Morgan fingerprint density at radius 3 is 2.48 bits per heavy atom. The van der Waals surface area contributed by atoms with E-state index in [2.05, 4.69) is 29.7 Å². The first kappa shape index (κ1) is 15.3. The van der Waals surface area contributed by atoms with Crippen LogP contribution in [0.15, 0.2) is 54.6 Å². The SMILES string of the molecule is C[C@@H](NC(=S)NCCc1ccccc1O)c1ccccc1. The molecule has 0 aliphatic rings. The molecule has 2 aromatic carbocycles. The van der Waals surface area contributed by atoms with E-state index in [1.807, 2.05) is 36.4 Å². The lowest BCUT2D eigenvalue weighted by atomic mass is 10.1. The van der Waals surface area contributed by atoms with Gasteiger partial charge in [-0.1, -0.05) is 48.5 Å². The minimum atomic E-state index is 0.163. The van der Waals surface area contributed by atoms with Crippen LogP contribution in [-0.2, 0) is 6.42 Å². The summed E-state index contributed by atoms with van der Waals surface area (Å²) in [6.07, 6.45) is 0.730. The van der Waals surface area contributed by atoms with Crippen LogP contribution < -0.4 is 10.6 Å². The molecule has 1 atom stereocenters. The molecule has 0 heterocycles. The van der Waals surface area contributed by atoms with Crippen LogP contribution in [0.5, 0.6) is 5.75 Å².